The lowest BCUT2D eigenvalue weighted by atomic mass is 9.96. The Hall–Kier alpha value is -2.65. The number of anilines is 1. The van der Waals surface area contributed by atoms with E-state index in [2.05, 4.69) is 44.2 Å². The molecule has 2 heterocycles. The average molecular weight is 557 g/mol. The minimum atomic E-state index is -3.87. The second-order valence-electron chi connectivity index (χ2n) is 12.6. The zero-order chi connectivity index (χ0) is 28.5. The van der Waals surface area contributed by atoms with Crippen LogP contribution in [0.4, 0.5) is 5.82 Å². The number of ether oxygens (including phenoxy) is 1. The van der Waals surface area contributed by atoms with Gasteiger partial charge in [-0.1, -0.05) is 27.2 Å². The van der Waals surface area contributed by atoms with Crippen molar-refractivity contribution in [3.63, 3.8) is 0 Å². The van der Waals surface area contributed by atoms with Crippen LogP contribution < -0.4 is 20.1 Å². The second-order valence-corrected chi connectivity index (χ2v) is 14.5. The van der Waals surface area contributed by atoms with E-state index in [0.717, 1.165) is 42.7 Å². The summed E-state index contributed by atoms with van der Waals surface area (Å²) in [4.78, 5) is 20.7. The predicted molar refractivity (Wildman–Crippen MR) is 157 cm³/mol. The molecule has 0 radical (unpaired) electrons. The van der Waals surface area contributed by atoms with Crippen LogP contribution in [-0.2, 0) is 10.0 Å². The number of carbonyl (C=O) groups is 1. The number of aromatic nitrogens is 1. The highest BCUT2D eigenvalue weighted by atomic mass is 32.2. The summed E-state index contributed by atoms with van der Waals surface area (Å²) in [5.74, 6) is 1.43. The summed E-state index contributed by atoms with van der Waals surface area (Å²) in [6.45, 7) is 14.0. The number of aryl methyl sites for hydroxylation is 1. The Balaban J connectivity index is 1.72. The van der Waals surface area contributed by atoms with Gasteiger partial charge in [-0.15, -0.1) is 0 Å². The Morgan fingerprint density at radius 1 is 1.23 bits per heavy atom. The normalized spacial score (nSPS) is 23.2. The van der Waals surface area contributed by atoms with Gasteiger partial charge >= 0.3 is 0 Å². The van der Waals surface area contributed by atoms with E-state index in [0.29, 0.717) is 42.8 Å². The highest BCUT2D eigenvalue weighted by Gasteiger charge is 2.40. The first-order chi connectivity index (χ1) is 18.2. The molecule has 2 fully saturated rings. The largest absolute Gasteiger partial charge is 0.493 e. The Morgan fingerprint density at radius 2 is 1.97 bits per heavy atom. The number of nitrogens with zero attached hydrogens (tertiary/aromatic N) is 2. The van der Waals surface area contributed by atoms with E-state index in [1.807, 2.05) is 25.1 Å². The number of nitrogens with two attached hydrogens (primary N) is 1. The van der Waals surface area contributed by atoms with E-state index in [-0.39, 0.29) is 17.1 Å². The van der Waals surface area contributed by atoms with Crippen LogP contribution in [0.15, 0.2) is 30.3 Å². The molecular weight excluding hydrogens is 512 g/mol. The zero-order valence-corrected chi connectivity index (χ0v) is 25.0. The van der Waals surface area contributed by atoms with Crippen LogP contribution in [0.1, 0.15) is 82.6 Å². The zero-order valence-electron chi connectivity index (χ0n) is 24.2. The standard InChI is InChI=1S/C30H44N4O4S/c1-19(2)18-38-24-13-20(3)12-22(14-24)27-11-10-26(28(32-27)34-17-21(4)16-30(34,5)6)29(35)33-39(36,37)25-9-7-8-23(31)15-25/h10-14,19,21,23,25H,7-9,15-18,31H2,1-6H3,(H,33,35)/t21-,23+,25?/m0/s1. The molecule has 3 N–H and O–H groups in total. The molecule has 4 rings (SSSR count). The van der Waals surface area contributed by atoms with E-state index < -0.39 is 21.2 Å². The Labute approximate surface area is 233 Å². The van der Waals surface area contributed by atoms with Gasteiger partial charge in [0.25, 0.3) is 5.91 Å². The Morgan fingerprint density at radius 3 is 2.62 bits per heavy atom. The lowest BCUT2D eigenvalue weighted by molar-refractivity contribution is 0.0981. The van der Waals surface area contributed by atoms with Crippen molar-refractivity contribution in [2.75, 3.05) is 18.1 Å². The summed E-state index contributed by atoms with van der Waals surface area (Å²) in [7, 11) is -3.87. The second kappa shape index (κ2) is 11.5. The van der Waals surface area contributed by atoms with Crippen molar-refractivity contribution in [1.82, 2.24) is 9.71 Å². The lowest BCUT2D eigenvalue weighted by Gasteiger charge is -2.34. The number of benzene rings is 1. The van der Waals surface area contributed by atoms with Crippen molar-refractivity contribution in [3.8, 4) is 17.0 Å². The van der Waals surface area contributed by atoms with E-state index in [1.54, 1.807) is 12.1 Å². The first kappa shape index (κ1) is 29.3. The van der Waals surface area contributed by atoms with Gasteiger partial charge in [-0.05, 0) is 94.2 Å². The molecule has 39 heavy (non-hydrogen) atoms. The van der Waals surface area contributed by atoms with Crippen molar-refractivity contribution >= 4 is 21.7 Å². The molecule has 1 unspecified atom stereocenters. The van der Waals surface area contributed by atoms with Crippen LogP contribution >= 0.6 is 0 Å². The van der Waals surface area contributed by atoms with Crippen LogP contribution in [-0.4, -0.2) is 49.3 Å². The Bertz CT molecular complexity index is 1310. The van der Waals surface area contributed by atoms with Crippen molar-refractivity contribution in [2.24, 2.45) is 17.6 Å². The van der Waals surface area contributed by atoms with Gasteiger partial charge in [0.1, 0.15) is 11.6 Å². The van der Waals surface area contributed by atoms with Gasteiger partial charge in [0.05, 0.1) is 23.1 Å². The number of nitrogens with one attached hydrogen (secondary N) is 1. The summed E-state index contributed by atoms with van der Waals surface area (Å²) in [5, 5.41) is -0.666. The summed E-state index contributed by atoms with van der Waals surface area (Å²) in [6, 6.07) is 9.34. The van der Waals surface area contributed by atoms with Crippen molar-refractivity contribution in [2.45, 2.75) is 90.5 Å². The number of rotatable bonds is 8. The highest BCUT2D eigenvalue weighted by Crippen LogP contribution is 2.39. The molecule has 1 saturated carbocycles. The minimum absolute atomic E-state index is 0.164. The maximum atomic E-state index is 13.6. The topological polar surface area (TPSA) is 115 Å². The third kappa shape index (κ3) is 6.92. The smallest absolute Gasteiger partial charge is 0.268 e. The molecular formula is C30H44N4O4S. The molecule has 1 amide bonds. The minimum Gasteiger partial charge on any atom is -0.493 e. The van der Waals surface area contributed by atoms with Gasteiger partial charge in [0, 0.05) is 23.7 Å². The molecule has 2 aromatic rings. The fourth-order valence-electron chi connectivity index (χ4n) is 5.92. The summed E-state index contributed by atoms with van der Waals surface area (Å²) in [5.41, 5.74) is 8.69. The first-order valence-electron chi connectivity index (χ1n) is 14.1. The highest BCUT2D eigenvalue weighted by molar-refractivity contribution is 7.90. The van der Waals surface area contributed by atoms with Crippen molar-refractivity contribution in [1.29, 1.82) is 0 Å². The van der Waals surface area contributed by atoms with Crippen LogP contribution in [0, 0.1) is 18.8 Å². The number of sulfonamides is 1. The number of hydrogen-bond acceptors (Lipinski definition) is 7. The molecule has 1 aliphatic heterocycles. The van der Waals surface area contributed by atoms with Gasteiger partial charge in [-0.2, -0.15) is 0 Å². The molecule has 9 heteroatoms. The molecule has 1 aromatic heterocycles. The fourth-order valence-corrected chi connectivity index (χ4v) is 7.44. The predicted octanol–water partition coefficient (Wildman–Crippen LogP) is 5.05. The maximum absolute atomic E-state index is 13.6. The van der Waals surface area contributed by atoms with Crippen molar-refractivity contribution < 1.29 is 17.9 Å². The van der Waals surface area contributed by atoms with Gasteiger partial charge in [0.15, 0.2) is 0 Å². The van der Waals surface area contributed by atoms with Crippen LogP contribution in [0.5, 0.6) is 5.75 Å². The van der Waals surface area contributed by atoms with Crippen LogP contribution in [0.2, 0.25) is 0 Å². The summed E-state index contributed by atoms with van der Waals surface area (Å²) in [6.07, 6.45) is 3.35. The molecule has 0 bridgehead atoms. The number of carbonyl (C=O) groups excluding carboxylic acids is 1. The molecule has 1 saturated heterocycles. The molecule has 1 aliphatic carbocycles. The molecule has 2 aliphatic rings. The fraction of sp³-hybridized carbons (Fsp3) is 0.600. The average Bonchev–Trinajstić information content (AvgIpc) is 3.13. The number of amides is 1. The molecule has 0 spiro atoms. The van der Waals surface area contributed by atoms with E-state index in [1.165, 1.54) is 0 Å². The Kier molecular flexibility index (Phi) is 8.61. The maximum Gasteiger partial charge on any atom is 0.268 e. The number of pyridine rings is 1. The SMILES string of the molecule is Cc1cc(OCC(C)C)cc(-c2ccc(C(=O)NS(=O)(=O)C3CCC[C@@H](N)C3)c(N3C[C@@H](C)CC3(C)C)n2)c1. The molecule has 3 atom stereocenters. The molecule has 8 nitrogen and oxygen atoms in total. The van der Waals surface area contributed by atoms with Crippen molar-refractivity contribution in [3.05, 3.63) is 41.5 Å². The van der Waals surface area contributed by atoms with E-state index in [4.69, 9.17) is 15.5 Å². The van der Waals surface area contributed by atoms with Gasteiger partial charge in [-0.25, -0.2) is 18.1 Å². The van der Waals surface area contributed by atoms with E-state index >= 15 is 0 Å². The lowest BCUT2D eigenvalue weighted by Crippen LogP contribution is -2.44. The first-order valence-corrected chi connectivity index (χ1v) is 15.6. The van der Waals surface area contributed by atoms with Gasteiger partial charge < -0.3 is 15.4 Å². The van der Waals surface area contributed by atoms with E-state index in [9.17, 15) is 13.2 Å². The van der Waals surface area contributed by atoms with Crippen LogP contribution in [0.3, 0.4) is 0 Å². The monoisotopic (exact) mass is 556 g/mol. The third-order valence-corrected chi connectivity index (χ3v) is 9.49. The van der Waals surface area contributed by atoms with Gasteiger partial charge in [-0.3, -0.25) is 4.79 Å². The van der Waals surface area contributed by atoms with Crippen LogP contribution in [0.25, 0.3) is 11.3 Å². The third-order valence-electron chi connectivity index (χ3n) is 7.72. The number of hydrogen-bond donors (Lipinski definition) is 2. The summed E-state index contributed by atoms with van der Waals surface area (Å²) >= 11 is 0. The molecule has 1 aromatic carbocycles. The summed E-state index contributed by atoms with van der Waals surface area (Å²) < 4.78 is 34.7. The van der Waals surface area contributed by atoms with Gasteiger partial charge in [0.2, 0.25) is 10.0 Å². The quantitative estimate of drug-likeness (QED) is 0.468. The molecule has 214 valence electrons.